The fraction of sp³-hybridized carbons (Fsp3) is 0.667. The van der Waals surface area contributed by atoms with Gasteiger partial charge >= 0.3 is 0 Å². The Morgan fingerprint density at radius 3 is 2.44 bits per heavy atom. The first-order valence-corrected chi connectivity index (χ1v) is 2.90. The molecule has 0 fully saturated rings. The fourth-order valence-electron chi connectivity index (χ4n) is 0.614. The molecule has 0 bridgehead atoms. The van der Waals surface area contributed by atoms with Gasteiger partial charge < -0.3 is 10.8 Å². The van der Waals surface area contributed by atoms with E-state index in [1.165, 1.54) is 0 Å². The molecule has 0 aliphatic carbocycles. The first-order valence-electron chi connectivity index (χ1n) is 2.90. The van der Waals surface area contributed by atoms with Crippen LogP contribution in [0, 0.1) is 5.41 Å². The summed E-state index contributed by atoms with van der Waals surface area (Å²) in [5, 5.41) is 11.0. The molecule has 3 nitrogen and oxygen atoms in total. The van der Waals surface area contributed by atoms with Crippen LogP contribution in [-0.4, -0.2) is 18.5 Å². The Morgan fingerprint density at radius 1 is 1.56 bits per heavy atom. The largest absolute Gasteiger partial charge is 0.313 e. The van der Waals surface area contributed by atoms with Crippen molar-refractivity contribution in [3.63, 3.8) is 0 Å². The molecule has 0 spiro atoms. The Balaban J connectivity index is 3.62. The highest BCUT2D eigenvalue weighted by Crippen LogP contribution is 1.85. The number of hydrogen-bond donors (Lipinski definition) is 2. The molecule has 3 heteroatoms. The maximum Gasteiger partial charge on any atom is 0.0403 e. The van der Waals surface area contributed by atoms with Crippen molar-refractivity contribution >= 4 is 11.4 Å². The van der Waals surface area contributed by atoms with Crippen molar-refractivity contribution in [3.8, 4) is 0 Å². The third-order valence-electron chi connectivity index (χ3n) is 0.824. The molecule has 0 aromatic heterocycles. The van der Waals surface area contributed by atoms with Gasteiger partial charge in [0.2, 0.25) is 0 Å². The molecule has 9 heavy (non-hydrogen) atoms. The van der Waals surface area contributed by atoms with Gasteiger partial charge in [0.15, 0.2) is 0 Å². The van der Waals surface area contributed by atoms with E-state index in [1.54, 1.807) is 14.0 Å². The minimum absolute atomic E-state index is 0.645. The molecule has 0 radical (unpaired) electrons. The predicted octanol–water partition coefficient (Wildman–Crippen LogP) is 1.01. The van der Waals surface area contributed by atoms with Gasteiger partial charge in [-0.05, 0) is 13.8 Å². The van der Waals surface area contributed by atoms with Crippen molar-refractivity contribution < 1.29 is 0 Å². The van der Waals surface area contributed by atoms with Gasteiger partial charge in [-0.15, -0.1) is 0 Å². The maximum atomic E-state index is 7.09. The Labute approximate surface area is 55.7 Å². The lowest BCUT2D eigenvalue weighted by Crippen LogP contribution is -2.04. The van der Waals surface area contributed by atoms with Crippen LogP contribution in [0.1, 0.15) is 20.3 Å². The summed E-state index contributed by atoms with van der Waals surface area (Å²) in [6.45, 7) is 3.67. The number of nitrogens with zero attached hydrogens (tertiary/aromatic N) is 1. The SMILES string of the molecule is CN/N=C(/C)CC(C)=N. The van der Waals surface area contributed by atoms with Crippen molar-refractivity contribution in [1.82, 2.24) is 5.43 Å². The Morgan fingerprint density at radius 2 is 2.11 bits per heavy atom. The minimum atomic E-state index is 0.645. The second kappa shape index (κ2) is 4.06. The van der Waals surface area contributed by atoms with Gasteiger partial charge in [-0.2, -0.15) is 5.10 Å². The Hall–Kier alpha value is -0.860. The molecule has 2 N–H and O–H groups in total. The average Bonchev–Trinajstić information content (AvgIpc) is 1.63. The molecule has 0 amide bonds. The van der Waals surface area contributed by atoms with E-state index in [4.69, 9.17) is 5.41 Å². The highest BCUT2D eigenvalue weighted by molar-refractivity contribution is 6.00. The lowest BCUT2D eigenvalue weighted by Gasteiger charge is -1.95. The van der Waals surface area contributed by atoms with Crippen molar-refractivity contribution in [2.75, 3.05) is 7.05 Å². The topological polar surface area (TPSA) is 48.2 Å². The van der Waals surface area contributed by atoms with Crippen LogP contribution >= 0.6 is 0 Å². The molecule has 0 rings (SSSR count). The summed E-state index contributed by atoms with van der Waals surface area (Å²) in [5.74, 6) is 0. The summed E-state index contributed by atoms with van der Waals surface area (Å²) in [4.78, 5) is 0. The van der Waals surface area contributed by atoms with E-state index in [0.717, 1.165) is 5.71 Å². The monoisotopic (exact) mass is 127 g/mol. The van der Waals surface area contributed by atoms with Crippen LogP contribution in [0.15, 0.2) is 5.10 Å². The highest BCUT2D eigenvalue weighted by Gasteiger charge is 1.90. The number of hydrogen-bond acceptors (Lipinski definition) is 3. The van der Waals surface area contributed by atoms with E-state index in [0.29, 0.717) is 12.1 Å². The van der Waals surface area contributed by atoms with Crippen LogP contribution in [0.3, 0.4) is 0 Å². The molecule has 0 aliphatic heterocycles. The van der Waals surface area contributed by atoms with E-state index in [-0.39, 0.29) is 0 Å². The molecule has 0 aromatic rings. The maximum absolute atomic E-state index is 7.09. The molecular weight excluding hydrogens is 114 g/mol. The normalized spacial score (nSPS) is 11.2. The molecule has 0 saturated heterocycles. The third kappa shape index (κ3) is 5.00. The average molecular weight is 127 g/mol. The summed E-state index contributed by atoms with van der Waals surface area (Å²) >= 11 is 0. The van der Waals surface area contributed by atoms with Gasteiger partial charge in [0.1, 0.15) is 0 Å². The van der Waals surface area contributed by atoms with Crippen LogP contribution < -0.4 is 5.43 Å². The zero-order valence-corrected chi connectivity index (χ0v) is 6.15. The summed E-state index contributed by atoms with van der Waals surface area (Å²) < 4.78 is 0. The first kappa shape index (κ1) is 8.14. The summed E-state index contributed by atoms with van der Waals surface area (Å²) in [6.07, 6.45) is 0.668. The van der Waals surface area contributed by atoms with Crippen LogP contribution in [0.4, 0.5) is 0 Å². The van der Waals surface area contributed by atoms with Gasteiger partial charge in [0.05, 0.1) is 0 Å². The van der Waals surface area contributed by atoms with E-state index in [9.17, 15) is 0 Å². The summed E-state index contributed by atoms with van der Waals surface area (Å²) in [6, 6.07) is 0. The quantitative estimate of drug-likeness (QED) is 0.431. The fourth-order valence-corrected chi connectivity index (χ4v) is 0.614. The van der Waals surface area contributed by atoms with E-state index in [1.807, 2.05) is 6.92 Å². The van der Waals surface area contributed by atoms with Crippen LogP contribution in [-0.2, 0) is 0 Å². The van der Waals surface area contributed by atoms with Gasteiger partial charge in [0, 0.05) is 24.9 Å². The molecule has 0 aliphatic rings. The molecule has 52 valence electrons. The van der Waals surface area contributed by atoms with Crippen LogP contribution in [0.2, 0.25) is 0 Å². The molecular formula is C6H13N3. The lowest BCUT2D eigenvalue weighted by atomic mass is 10.2. The Bertz CT molecular complexity index is 126. The van der Waals surface area contributed by atoms with Crippen molar-refractivity contribution in [1.29, 1.82) is 5.41 Å². The second-order valence-corrected chi connectivity index (χ2v) is 2.03. The predicted molar refractivity (Wildman–Crippen MR) is 40.2 cm³/mol. The van der Waals surface area contributed by atoms with Crippen molar-refractivity contribution in [3.05, 3.63) is 0 Å². The number of nitrogens with one attached hydrogen (secondary N) is 2. The second-order valence-electron chi connectivity index (χ2n) is 2.03. The zero-order chi connectivity index (χ0) is 7.28. The summed E-state index contributed by atoms with van der Waals surface area (Å²) in [7, 11) is 1.75. The lowest BCUT2D eigenvalue weighted by molar-refractivity contribution is 0.894. The van der Waals surface area contributed by atoms with Crippen molar-refractivity contribution in [2.24, 2.45) is 5.10 Å². The minimum Gasteiger partial charge on any atom is -0.313 e. The molecule has 0 unspecified atom stereocenters. The standard InChI is InChI=1S/C6H13N3/c1-5(7)4-6(2)9-8-3/h7-8H,4H2,1-3H3/b7-5?,9-6-. The van der Waals surface area contributed by atoms with Crippen LogP contribution in [0.5, 0.6) is 0 Å². The van der Waals surface area contributed by atoms with E-state index >= 15 is 0 Å². The molecule has 0 atom stereocenters. The van der Waals surface area contributed by atoms with E-state index < -0.39 is 0 Å². The summed E-state index contributed by atoms with van der Waals surface area (Å²) in [5.41, 5.74) is 4.26. The van der Waals surface area contributed by atoms with E-state index in [2.05, 4.69) is 10.5 Å². The zero-order valence-electron chi connectivity index (χ0n) is 6.15. The van der Waals surface area contributed by atoms with Gasteiger partial charge in [-0.25, -0.2) is 0 Å². The van der Waals surface area contributed by atoms with Crippen molar-refractivity contribution in [2.45, 2.75) is 20.3 Å². The molecule has 0 heterocycles. The van der Waals surface area contributed by atoms with Gasteiger partial charge in [-0.1, -0.05) is 0 Å². The third-order valence-corrected chi connectivity index (χ3v) is 0.824. The number of hydrazone groups is 1. The van der Waals surface area contributed by atoms with Gasteiger partial charge in [-0.3, -0.25) is 0 Å². The highest BCUT2D eigenvalue weighted by atomic mass is 15.3. The molecule has 0 aromatic carbocycles. The Kier molecular flexibility index (Phi) is 3.67. The van der Waals surface area contributed by atoms with Gasteiger partial charge in [0.25, 0.3) is 0 Å². The smallest absolute Gasteiger partial charge is 0.0403 e. The van der Waals surface area contributed by atoms with Crippen LogP contribution in [0.25, 0.3) is 0 Å². The molecule has 0 saturated carbocycles. The number of rotatable bonds is 3. The first-order chi connectivity index (χ1) is 4.16.